The van der Waals surface area contributed by atoms with Gasteiger partial charge in [-0.1, -0.05) is 35.3 Å². The van der Waals surface area contributed by atoms with Gasteiger partial charge in [0.15, 0.2) is 0 Å². The molecule has 1 fully saturated rings. The molecule has 0 radical (unpaired) electrons. The van der Waals surface area contributed by atoms with E-state index in [4.69, 9.17) is 27.9 Å². The second kappa shape index (κ2) is 14.3. The molecule has 5 rings (SSSR count). The van der Waals surface area contributed by atoms with E-state index in [0.29, 0.717) is 52.2 Å². The molecule has 0 aromatic heterocycles. The highest BCUT2D eigenvalue weighted by Gasteiger charge is 2.30. The van der Waals surface area contributed by atoms with Gasteiger partial charge in [-0.25, -0.2) is 4.79 Å². The second-order valence-electron chi connectivity index (χ2n) is 11.0. The van der Waals surface area contributed by atoms with E-state index in [1.807, 2.05) is 28.0 Å². The van der Waals surface area contributed by atoms with Gasteiger partial charge in [-0.2, -0.15) is 0 Å². The Morgan fingerprint density at radius 2 is 1.70 bits per heavy atom. The number of urea groups is 1. The molecule has 1 saturated heterocycles. The molecule has 0 aliphatic carbocycles. The Bertz CT molecular complexity index is 1530. The van der Waals surface area contributed by atoms with Crippen molar-refractivity contribution in [3.05, 3.63) is 87.4 Å². The Hall–Kier alpha value is -3.79. The summed E-state index contributed by atoms with van der Waals surface area (Å²) in [7, 11) is 3.16. The van der Waals surface area contributed by atoms with Crippen LogP contribution in [0.25, 0.3) is 0 Å². The number of benzene rings is 3. The number of carbonyl (C=O) groups excluding carboxylic acids is 3. The van der Waals surface area contributed by atoms with Crippen LogP contribution >= 0.6 is 23.2 Å². The lowest BCUT2D eigenvalue weighted by Crippen LogP contribution is -2.51. The van der Waals surface area contributed by atoms with Crippen molar-refractivity contribution in [3.63, 3.8) is 0 Å². The van der Waals surface area contributed by atoms with E-state index in [9.17, 15) is 14.4 Å². The lowest BCUT2D eigenvalue weighted by molar-refractivity contribution is 0.0983. The van der Waals surface area contributed by atoms with E-state index >= 15 is 0 Å². The molecule has 2 heterocycles. The van der Waals surface area contributed by atoms with Crippen LogP contribution in [-0.4, -0.2) is 81.1 Å². The molecule has 44 heavy (non-hydrogen) atoms. The minimum atomic E-state index is -0.352. The van der Waals surface area contributed by atoms with E-state index in [2.05, 4.69) is 15.5 Å². The zero-order valence-electron chi connectivity index (χ0n) is 24.9. The maximum atomic E-state index is 14.1. The van der Waals surface area contributed by atoms with Crippen LogP contribution in [0, 0.1) is 0 Å². The molecular formula is C33H37Cl2N5O4. The van der Waals surface area contributed by atoms with Crippen LogP contribution in [0.4, 0.5) is 16.2 Å². The summed E-state index contributed by atoms with van der Waals surface area (Å²) in [6.45, 7) is 4.55. The monoisotopic (exact) mass is 637 g/mol. The molecule has 1 unspecified atom stereocenters. The molecule has 11 heteroatoms. The summed E-state index contributed by atoms with van der Waals surface area (Å²) in [4.78, 5) is 44.9. The Labute approximate surface area is 268 Å². The van der Waals surface area contributed by atoms with Gasteiger partial charge in [-0.3, -0.25) is 14.5 Å². The van der Waals surface area contributed by atoms with Crippen molar-refractivity contribution >= 4 is 52.4 Å². The molecule has 0 spiro atoms. The number of nitrogens with one attached hydrogen (secondary N) is 2. The smallest absolute Gasteiger partial charge is 0.317 e. The van der Waals surface area contributed by atoms with Crippen LogP contribution in [0.5, 0.6) is 5.75 Å². The van der Waals surface area contributed by atoms with Crippen molar-refractivity contribution in [1.82, 2.24) is 15.1 Å². The van der Waals surface area contributed by atoms with E-state index in [1.165, 1.54) is 7.11 Å². The number of hydrogen-bond donors (Lipinski definition) is 2. The third-order valence-corrected chi connectivity index (χ3v) is 8.94. The van der Waals surface area contributed by atoms with Gasteiger partial charge in [0.05, 0.1) is 23.3 Å². The quantitative estimate of drug-likeness (QED) is 0.325. The number of hydrogen-bond acceptors (Lipinski definition) is 5. The highest BCUT2D eigenvalue weighted by atomic mass is 35.5. The number of anilines is 2. The predicted molar refractivity (Wildman–Crippen MR) is 175 cm³/mol. The van der Waals surface area contributed by atoms with E-state index < -0.39 is 0 Å². The van der Waals surface area contributed by atoms with Crippen LogP contribution in [-0.2, 0) is 0 Å². The fraction of sp³-hybridized carbons (Fsp3) is 0.364. The van der Waals surface area contributed by atoms with Crippen molar-refractivity contribution in [1.29, 1.82) is 0 Å². The predicted octanol–water partition coefficient (Wildman–Crippen LogP) is 6.13. The van der Waals surface area contributed by atoms with Crippen LogP contribution in [0.2, 0.25) is 10.0 Å². The number of ether oxygens (including phenoxy) is 1. The highest BCUT2D eigenvalue weighted by Crippen LogP contribution is 2.39. The van der Waals surface area contributed by atoms with Crippen molar-refractivity contribution in [2.24, 2.45) is 0 Å². The molecule has 2 aliphatic rings. The van der Waals surface area contributed by atoms with Crippen molar-refractivity contribution in [2.45, 2.75) is 25.2 Å². The van der Waals surface area contributed by atoms with Crippen molar-refractivity contribution in [2.75, 3.05) is 63.6 Å². The fourth-order valence-electron chi connectivity index (χ4n) is 5.99. The molecule has 3 aromatic carbocycles. The summed E-state index contributed by atoms with van der Waals surface area (Å²) in [5.41, 5.74) is 3.16. The third-order valence-electron chi connectivity index (χ3n) is 8.38. The first-order chi connectivity index (χ1) is 21.3. The van der Waals surface area contributed by atoms with Gasteiger partial charge in [0.25, 0.3) is 11.8 Å². The van der Waals surface area contributed by atoms with Gasteiger partial charge < -0.3 is 25.2 Å². The summed E-state index contributed by atoms with van der Waals surface area (Å²) >= 11 is 12.7. The van der Waals surface area contributed by atoms with Crippen LogP contribution < -0.4 is 20.3 Å². The normalized spacial score (nSPS) is 17.0. The summed E-state index contributed by atoms with van der Waals surface area (Å²) in [6.07, 6.45) is 2.69. The maximum Gasteiger partial charge on any atom is 0.317 e. The summed E-state index contributed by atoms with van der Waals surface area (Å²) in [5.74, 6) is 0.0664. The summed E-state index contributed by atoms with van der Waals surface area (Å²) in [5, 5.41) is 6.53. The van der Waals surface area contributed by atoms with Gasteiger partial charge in [0.1, 0.15) is 5.75 Å². The van der Waals surface area contributed by atoms with Gasteiger partial charge in [-0.15, -0.1) is 0 Å². The summed E-state index contributed by atoms with van der Waals surface area (Å²) in [6, 6.07) is 17.5. The zero-order valence-corrected chi connectivity index (χ0v) is 26.5. The number of piperazine rings is 1. The van der Waals surface area contributed by atoms with E-state index in [1.54, 1.807) is 49.5 Å². The molecule has 0 saturated carbocycles. The van der Waals surface area contributed by atoms with Gasteiger partial charge in [-0.05, 0) is 79.8 Å². The number of methoxy groups -OCH3 is 1. The number of fused-ring (bicyclic) bond motifs is 1. The Balaban J connectivity index is 1.32. The Morgan fingerprint density at radius 1 is 0.932 bits per heavy atom. The van der Waals surface area contributed by atoms with Crippen molar-refractivity contribution < 1.29 is 19.1 Å². The molecule has 2 N–H and O–H groups in total. The number of nitrogens with zero attached hydrogens (tertiary/aromatic N) is 3. The molecule has 0 bridgehead atoms. The first kappa shape index (κ1) is 31.6. The second-order valence-corrected chi connectivity index (χ2v) is 11.9. The lowest BCUT2D eigenvalue weighted by Gasteiger charge is -2.35. The molecular weight excluding hydrogens is 601 g/mol. The fourth-order valence-corrected chi connectivity index (χ4v) is 6.39. The van der Waals surface area contributed by atoms with Gasteiger partial charge in [0, 0.05) is 62.2 Å². The van der Waals surface area contributed by atoms with Crippen LogP contribution in [0.3, 0.4) is 0 Å². The molecule has 1 atom stereocenters. The van der Waals surface area contributed by atoms with Crippen molar-refractivity contribution in [3.8, 4) is 5.75 Å². The van der Waals surface area contributed by atoms with Gasteiger partial charge >= 0.3 is 6.03 Å². The molecule has 9 nitrogen and oxygen atoms in total. The number of carbonyl (C=O) groups is 3. The average molecular weight is 639 g/mol. The number of rotatable bonds is 7. The molecule has 2 aliphatic heterocycles. The average Bonchev–Trinajstić information content (AvgIpc) is 3.22. The number of halogens is 2. The number of amides is 4. The largest absolute Gasteiger partial charge is 0.496 e. The SMILES string of the molecule is CNC(=O)N1CCN(CCC2CCCN(C(=O)c3ccc(NC(=O)c4ccccc4Cl)cc3OC)c3ccc(Cl)cc32)CC1. The minimum Gasteiger partial charge on any atom is -0.496 e. The third kappa shape index (κ3) is 7.12. The zero-order chi connectivity index (χ0) is 31.2. The first-order valence-corrected chi connectivity index (χ1v) is 15.6. The maximum absolute atomic E-state index is 14.1. The standard InChI is InChI=1S/C33H37Cl2N5O4/c1-36-33(43)39-18-16-38(17-19-39)15-13-22-6-5-14-40(29-12-9-23(34)20-27(22)29)32(42)26-11-10-24(21-30(26)44-2)37-31(41)25-7-3-4-8-28(25)35/h3-4,7-12,20-22H,5-6,13-19H2,1-2H3,(H,36,43)(H,37,41). The minimum absolute atomic E-state index is 0.0325. The Morgan fingerprint density at radius 3 is 2.43 bits per heavy atom. The molecule has 4 amide bonds. The topological polar surface area (TPSA) is 94.2 Å². The lowest BCUT2D eigenvalue weighted by atomic mass is 9.90. The highest BCUT2D eigenvalue weighted by molar-refractivity contribution is 6.34. The molecule has 232 valence electrons. The van der Waals surface area contributed by atoms with E-state index in [-0.39, 0.29) is 23.8 Å². The Kier molecular flexibility index (Phi) is 10.3. The van der Waals surface area contributed by atoms with E-state index in [0.717, 1.165) is 50.1 Å². The summed E-state index contributed by atoms with van der Waals surface area (Å²) < 4.78 is 5.62. The first-order valence-electron chi connectivity index (χ1n) is 14.8. The van der Waals surface area contributed by atoms with Gasteiger partial charge in [0.2, 0.25) is 0 Å². The van der Waals surface area contributed by atoms with Crippen LogP contribution in [0.1, 0.15) is 51.5 Å². The molecule has 3 aromatic rings. The van der Waals surface area contributed by atoms with Crippen LogP contribution in [0.15, 0.2) is 60.7 Å².